The fraction of sp³-hybridized carbons (Fsp3) is 0.526. The largest absolute Gasteiger partial charge is 0.388 e. The third kappa shape index (κ3) is 4.63. The molecule has 24 heavy (non-hydrogen) atoms. The molecule has 3 rings (SSSR count). The van der Waals surface area contributed by atoms with Gasteiger partial charge < -0.3 is 9.84 Å². The molecule has 2 unspecified atom stereocenters. The van der Waals surface area contributed by atoms with E-state index in [4.69, 9.17) is 9.72 Å². The first-order valence-electron chi connectivity index (χ1n) is 8.74. The van der Waals surface area contributed by atoms with Gasteiger partial charge in [-0.1, -0.05) is 37.3 Å². The molecule has 1 aliphatic heterocycles. The van der Waals surface area contributed by atoms with E-state index in [-0.39, 0.29) is 6.04 Å². The molecule has 1 aromatic carbocycles. The van der Waals surface area contributed by atoms with Crippen LogP contribution in [0.3, 0.4) is 0 Å². The number of aryl methyl sites for hydroxylation is 1. The van der Waals surface area contributed by atoms with E-state index in [0.29, 0.717) is 13.0 Å². The van der Waals surface area contributed by atoms with E-state index in [2.05, 4.69) is 17.2 Å². The van der Waals surface area contributed by atoms with Crippen LogP contribution in [0.2, 0.25) is 0 Å². The monoisotopic (exact) mass is 346 g/mol. The van der Waals surface area contributed by atoms with E-state index < -0.39 is 6.10 Å². The van der Waals surface area contributed by atoms with Gasteiger partial charge in [0.2, 0.25) is 0 Å². The zero-order chi connectivity index (χ0) is 16.8. The number of hydrogen-bond acceptors (Lipinski definition) is 5. The standard InChI is InChI=1S/C19H26N2O2S/c1-2-6-19-20-16(14-24-19)12-21-9-10-23-13-17(21)11-18(22)15-7-4-3-5-8-15/h3-5,7-8,14,17-18,22H,2,6,9-13H2,1H3. The number of thiazole rings is 1. The van der Waals surface area contributed by atoms with Gasteiger partial charge in [0, 0.05) is 24.5 Å². The number of ether oxygens (including phenoxy) is 1. The van der Waals surface area contributed by atoms with E-state index in [1.54, 1.807) is 11.3 Å². The lowest BCUT2D eigenvalue weighted by atomic mass is 10.0. The average Bonchev–Trinajstić information content (AvgIpc) is 3.05. The Morgan fingerprint density at radius 3 is 3.00 bits per heavy atom. The lowest BCUT2D eigenvalue weighted by molar-refractivity contribution is -0.0304. The zero-order valence-electron chi connectivity index (χ0n) is 14.2. The Hall–Kier alpha value is -1.27. The Balaban J connectivity index is 1.62. The molecule has 1 N–H and O–H groups in total. The molecule has 1 fully saturated rings. The number of rotatable bonds is 7. The predicted octanol–water partition coefficient (Wildman–Crippen LogP) is 3.42. The maximum atomic E-state index is 10.5. The van der Waals surface area contributed by atoms with Gasteiger partial charge in [-0.05, 0) is 24.8 Å². The number of aliphatic hydroxyl groups excluding tert-OH is 1. The van der Waals surface area contributed by atoms with Crippen molar-refractivity contribution >= 4 is 11.3 Å². The normalized spacial score (nSPS) is 20.2. The van der Waals surface area contributed by atoms with Gasteiger partial charge in [0.15, 0.2) is 0 Å². The summed E-state index contributed by atoms with van der Waals surface area (Å²) in [6, 6.07) is 10.1. The van der Waals surface area contributed by atoms with Crippen LogP contribution in [0.5, 0.6) is 0 Å². The fourth-order valence-electron chi connectivity index (χ4n) is 3.14. The molecule has 0 saturated carbocycles. The van der Waals surface area contributed by atoms with Gasteiger partial charge in [-0.3, -0.25) is 4.90 Å². The van der Waals surface area contributed by atoms with E-state index in [0.717, 1.165) is 43.8 Å². The van der Waals surface area contributed by atoms with Gasteiger partial charge in [0.05, 0.1) is 30.0 Å². The number of aliphatic hydroxyl groups is 1. The van der Waals surface area contributed by atoms with Crippen LogP contribution in [0.25, 0.3) is 0 Å². The summed E-state index contributed by atoms with van der Waals surface area (Å²) in [5, 5.41) is 13.9. The van der Waals surface area contributed by atoms with E-state index in [1.807, 2.05) is 30.3 Å². The van der Waals surface area contributed by atoms with E-state index >= 15 is 0 Å². The van der Waals surface area contributed by atoms with Gasteiger partial charge in [0.1, 0.15) is 0 Å². The van der Waals surface area contributed by atoms with Gasteiger partial charge in [0.25, 0.3) is 0 Å². The van der Waals surface area contributed by atoms with Crippen LogP contribution < -0.4 is 0 Å². The van der Waals surface area contributed by atoms with Crippen molar-refractivity contribution in [3.8, 4) is 0 Å². The van der Waals surface area contributed by atoms with Gasteiger partial charge in [-0.15, -0.1) is 11.3 Å². The average molecular weight is 346 g/mol. The summed E-state index contributed by atoms with van der Waals surface area (Å²) >= 11 is 1.76. The second kappa shape index (κ2) is 8.72. The Labute approximate surface area is 148 Å². The first kappa shape index (κ1) is 17.5. The minimum Gasteiger partial charge on any atom is -0.388 e. The highest BCUT2D eigenvalue weighted by Gasteiger charge is 2.26. The Morgan fingerprint density at radius 1 is 1.38 bits per heavy atom. The summed E-state index contributed by atoms with van der Waals surface area (Å²) < 4.78 is 5.66. The number of benzene rings is 1. The molecule has 1 saturated heterocycles. The minimum absolute atomic E-state index is 0.227. The number of morpholine rings is 1. The lowest BCUT2D eigenvalue weighted by Gasteiger charge is -2.36. The topological polar surface area (TPSA) is 45.6 Å². The van der Waals surface area contributed by atoms with Crippen molar-refractivity contribution in [3.05, 3.63) is 52.0 Å². The minimum atomic E-state index is -0.452. The third-order valence-electron chi connectivity index (χ3n) is 4.46. The number of nitrogens with zero attached hydrogens (tertiary/aromatic N) is 2. The molecule has 4 nitrogen and oxygen atoms in total. The first-order valence-corrected chi connectivity index (χ1v) is 9.62. The molecule has 5 heteroatoms. The van der Waals surface area contributed by atoms with Crippen molar-refractivity contribution in [3.63, 3.8) is 0 Å². The van der Waals surface area contributed by atoms with Gasteiger partial charge >= 0.3 is 0 Å². The van der Waals surface area contributed by atoms with Crippen molar-refractivity contribution in [1.29, 1.82) is 0 Å². The van der Waals surface area contributed by atoms with Crippen molar-refractivity contribution in [2.75, 3.05) is 19.8 Å². The van der Waals surface area contributed by atoms with Crippen LogP contribution in [0.4, 0.5) is 0 Å². The zero-order valence-corrected chi connectivity index (χ0v) is 15.0. The van der Waals surface area contributed by atoms with Crippen molar-refractivity contribution in [1.82, 2.24) is 9.88 Å². The highest BCUT2D eigenvalue weighted by atomic mass is 32.1. The maximum absolute atomic E-state index is 10.5. The second-order valence-electron chi connectivity index (χ2n) is 6.34. The number of hydrogen-bond donors (Lipinski definition) is 1. The van der Waals surface area contributed by atoms with Crippen molar-refractivity contribution in [2.45, 2.75) is 44.9 Å². The summed E-state index contributed by atoms with van der Waals surface area (Å²) in [7, 11) is 0. The maximum Gasteiger partial charge on any atom is 0.0928 e. The fourth-order valence-corrected chi connectivity index (χ4v) is 4.03. The van der Waals surface area contributed by atoms with Crippen LogP contribution in [-0.2, 0) is 17.7 Å². The van der Waals surface area contributed by atoms with E-state index in [9.17, 15) is 5.11 Å². The Kier molecular flexibility index (Phi) is 6.37. The van der Waals surface area contributed by atoms with Crippen LogP contribution in [0, 0.1) is 0 Å². The molecular formula is C19H26N2O2S. The Bertz CT molecular complexity index is 617. The van der Waals surface area contributed by atoms with Gasteiger partial charge in [-0.2, -0.15) is 0 Å². The molecule has 1 aromatic heterocycles. The quantitative estimate of drug-likeness (QED) is 0.834. The van der Waals surface area contributed by atoms with E-state index in [1.165, 1.54) is 5.01 Å². The van der Waals surface area contributed by atoms with Crippen LogP contribution in [0.15, 0.2) is 35.7 Å². The highest BCUT2D eigenvalue weighted by molar-refractivity contribution is 7.09. The highest BCUT2D eigenvalue weighted by Crippen LogP contribution is 2.24. The molecule has 0 bridgehead atoms. The summed E-state index contributed by atoms with van der Waals surface area (Å²) in [6.07, 6.45) is 2.43. The SMILES string of the molecule is CCCc1nc(CN2CCOCC2CC(O)c2ccccc2)cs1. The summed E-state index contributed by atoms with van der Waals surface area (Å²) in [6.45, 7) is 5.35. The van der Waals surface area contributed by atoms with Crippen molar-refractivity contribution < 1.29 is 9.84 Å². The number of aromatic nitrogens is 1. The molecule has 2 heterocycles. The summed E-state index contributed by atoms with van der Waals surface area (Å²) in [4.78, 5) is 7.14. The van der Waals surface area contributed by atoms with Crippen LogP contribution in [-0.4, -0.2) is 40.8 Å². The summed E-state index contributed by atoms with van der Waals surface area (Å²) in [5.41, 5.74) is 2.12. The molecule has 0 aliphatic carbocycles. The molecule has 0 radical (unpaired) electrons. The lowest BCUT2D eigenvalue weighted by Crippen LogP contribution is -2.45. The molecular weight excluding hydrogens is 320 g/mol. The molecule has 2 atom stereocenters. The van der Waals surface area contributed by atoms with Gasteiger partial charge in [-0.25, -0.2) is 4.98 Å². The molecule has 130 valence electrons. The summed E-state index contributed by atoms with van der Waals surface area (Å²) in [5.74, 6) is 0. The molecule has 1 aliphatic rings. The van der Waals surface area contributed by atoms with Crippen molar-refractivity contribution in [2.24, 2.45) is 0 Å². The Morgan fingerprint density at radius 2 is 2.21 bits per heavy atom. The van der Waals surface area contributed by atoms with Crippen LogP contribution >= 0.6 is 11.3 Å². The predicted molar refractivity (Wildman–Crippen MR) is 97.1 cm³/mol. The third-order valence-corrected chi connectivity index (χ3v) is 5.41. The first-order chi connectivity index (χ1) is 11.8. The second-order valence-corrected chi connectivity index (χ2v) is 7.29. The molecule has 0 spiro atoms. The molecule has 2 aromatic rings. The molecule has 0 amide bonds. The smallest absolute Gasteiger partial charge is 0.0928 e. The van der Waals surface area contributed by atoms with Crippen LogP contribution in [0.1, 0.15) is 42.1 Å².